The van der Waals surface area contributed by atoms with Crippen molar-refractivity contribution in [2.75, 3.05) is 26.2 Å². The minimum absolute atomic E-state index is 0.0188. The third-order valence-corrected chi connectivity index (χ3v) is 6.89. The Balaban J connectivity index is 2.08. The Morgan fingerprint density at radius 1 is 1.09 bits per heavy atom. The minimum atomic E-state index is -4.13. The summed E-state index contributed by atoms with van der Waals surface area (Å²) in [5, 5.41) is 28.6. The number of phenolic OH excluding ortho intramolecular Hbond substituents is 2. The largest absolute Gasteiger partial charge is 0.507 e. The molecule has 5 N–H and O–H groups in total. The molecule has 0 aliphatic carbocycles. The number of hydrogen-bond acceptors (Lipinski definition) is 8. The van der Waals surface area contributed by atoms with Crippen molar-refractivity contribution in [1.82, 2.24) is 24.4 Å². The molecule has 0 atom stereocenters. The maximum absolute atomic E-state index is 12.9. The second kappa shape index (κ2) is 10.2. The molecule has 0 aliphatic rings. The van der Waals surface area contributed by atoms with Gasteiger partial charge in [-0.25, -0.2) is 13.1 Å². The molecule has 11 nitrogen and oxygen atoms in total. The molecule has 34 heavy (non-hydrogen) atoms. The van der Waals surface area contributed by atoms with E-state index < -0.39 is 32.3 Å². The highest BCUT2D eigenvalue weighted by atomic mass is 32.2. The molecule has 182 valence electrons. The summed E-state index contributed by atoms with van der Waals surface area (Å²) < 4.78 is 29.6. The molecule has 0 spiro atoms. The highest BCUT2D eigenvalue weighted by Gasteiger charge is 2.26. The molecule has 0 radical (unpaired) electrons. The fraction of sp³-hybridized carbons (Fsp3) is 0.318. The van der Waals surface area contributed by atoms with E-state index in [4.69, 9.17) is 5.73 Å². The van der Waals surface area contributed by atoms with Crippen molar-refractivity contribution in [3.63, 3.8) is 0 Å². The normalized spacial score (nSPS) is 11.8. The highest BCUT2D eigenvalue weighted by molar-refractivity contribution is 7.89. The first-order valence-corrected chi connectivity index (χ1v) is 12.2. The van der Waals surface area contributed by atoms with E-state index in [-0.39, 0.29) is 23.8 Å². The average Bonchev–Trinajstić information content (AvgIpc) is 3.22. The van der Waals surface area contributed by atoms with Crippen LogP contribution in [0.4, 0.5) is 0 Å². The Bertz CT molecular complexity index is 1280. The van der Waals surface area contributed by atoms with Crippen molar-refractivity contribution in [3.8, 4) is 28.6 Å². The summed E-state index contributed by atoms with van der Waals surface area (Å²) >= 11 is 0. The van der Waals surface area contributed by atoms with Crippen LogP contribution in [0, 0.1) is 6.92 Å². The fourth-order valence-electron chi connectivity index (χ4n) is 3.46. The number of likely N-dealkylation sites (N-methyl/N-ethyl adjacent to an activating group) is 1. The van der Waals surface area contributed by atoms with Crippen LogP contribution in [0.2, 0.25) is 0 Å². The first-order valence-electron chi connectivity index (χ1n) is 10.7. The molecule has 1 heterocycles. The lowest BCUT2D eigenvalue weighted by Crippen LogP contribution is -2.34. The van der Waals surface area contributed by atoms with Crippen LogP contribution in [0.25, 0.3) is 17.1 Å². The molecular weight excluding hydrogens is 460 g/mol. The topological polar surface area (TPSA) is 164 Å². The molecule has 1 aromatic heterocycles. The minimum Gasteiger partial charge on any atom is -0.507 e. The van der Waals surface area contributed by atoms with Gasteiger partial charge in [-0.1, -0.05) is 31.5 Å². The van der Waals surface area contributed by atoms with Gasteiger partial charge < -0.3 is 20.8 Å². The molecule has 0 bridgehead atoms. The number of aromatic hydroxyl groups is 2. The predicted molar refractivity (Wildman–Crippen MR) is 126 cm³/mol. The number of carbonyl (C=O) groups excluding carboxylic acids is 1. The lowest BCUT2D eigenvalue weighted by atomic mass is 10.1. The van der Waals surface area contributed by atoms with Gasteiger partial charge in [0.1, 0.15) is 16.4 Å². The molecule has 1 amide bonds. The summed E-state index contributed by atoms with van der Waals surface area (Å²) in [6, 6.07) is 9.01. The number of rotatable bonds is 10. The number of aromatic nitrogens is 3. The Morgan fingerprint density at radius 2 is 1.74 bits per heavy atom. The maximum atomic E-state index is 12.9. The van der Waals surface area contributed by atoms with E-state index in [1.165, 1.54) is 4.57 Å². The van der Waals surface area contributed by atoms with Crippen LogP contribution in [-0.2, 0) is 10.0 Å². The van der Waals surface area contributed by atoms with Gasteiger partial charge in [0.2, 0.25) is 15.8 Å². The fourth-order valence-corrected chi connectivity index (χ4v) is 4.59. The molecular formula is C22H28N6O5S. The number of nitrogens with two attached hydrogens (primary N) is 1. The van der Waals surface area contributed by atoms with Crippen molar-refractivity contribution >= 4 is 15.9 Å². The number of benzene rings is 2. The van der Waals surface area contributed by atoms with Crippen molar-refractivity contribution < 1.29 is 23.4 Å². The van der Waals surface area contributed by atoms with E-state index in [2.05, 4.69) is 14.9 Å². The smallest absolute Gasteiger partial charge is 0.287 e. The summed E-state index contributed by atoms with van der Waals surface area (Å²) in [6.07, 6.45) is 0. The Morgan fingerprint density at radius 3 is 2.32 bits per heavy atom. The van der Waals surface area contributed by atoms with Crippen molar-refractivity contribution in [3.05, 3.63) is 47.8 Å². The molecule has 0 saturated carbocycles. The zero-order chi connectivity index (χ0) is 25.0. The van der Waals surface area contributed by atoms with E-state index in [0.717, 1.165) is 30.8 Å². The van der Waals surface area contributed by atoms with Gasteiger partial charge in [-0.2, -0.15) is 0 Å². The highest BCUT2D eigenvalue weighted by Crippen LogP contribution is 2.37. The molecule has 3 rings (SSSR count). The number of sulfonamides is 1. The molecule has 0 saturated heterocycles. The molecule has 0 unspecified atom stereocenters. The Kier molecular flexibility index (Phi) is 7.54. The van der Waals surface area contributed by atoms with Gasteiger partial charge in [-0.15, -0.1) is 10.2 Å². The number of carbonyl (C=O) groups is 1. The van der Waals surface area contributed by atoms with Gasteiger partial charge in [-0.3, -0.25) is 9.36 Å². The number of hydrogen-bond donors (Lipinski definition) is 4. The van der Waals surface area contributed by atoms with Crippen LogP contribution in [-0.4, -0.2) is 70.4 Å². The summed E-state index contributed by atoms with van der Waals surface area (Å²) in [6.45, 7) is 7.99. The third-order valence-electron chi connectivity index (χ3n) is 5.40. The molecule has 3 aromatic rings. The Hall–Kier alpha value is -3.48. The summed E-state index contributed by atoms with van der Waals surface area (Å²) in [5.74, 6) is -2.16. The Labute approximate surface area is 197 Å². The van der Waals surface area contributed by atoms with Gasteiger partial charge in [0.25, 0.3) is 5.91 Å². The summed E-state index contributed by atoms with van der Waals surface area (Å²) in [4.78, 5) is 13.6. The first-order chi connectivity index (χ1) is 16.1. The lowest BCUT2D eigenvalue weighted by molar-refractivity contribution is 0.0988. The van der Waals surface area contributed by atoms with Crippen LogP contribution in [0.15, 0.2) is 41.3 Å². The van der Waals surface area contributed by atoms with Gasteiger partial charge >= 0.3 is 0 Å². The third kappa shape index (κ3) is 5.19. The summed E-state index contributed by atoms with van der Waals surface area (Å²) in [7, 11) is -4.13. The van der Waals surface area contributed by atoms with Gasteiger partial charge in [-0.05, 0) is 38.2 Å². The molecule has 2 aromatic carbocycles. The van der Waals surface area contributed by atoms with Crippen LogP contribution >= 0.6 is 0 Å². The SMILES string of the molecule is CCN(CC)CCNS(=O)(=O)c1cc(-c2nnc(C(N)=O)n2-c2ccc(C)cc2)c(O)cc1O. The van der Waals surface area contributed by atoms with Crippen molar-refractivity contribution in [2.24, 2.45) is 5.73 Å². The van der Waals surface area contributed by atoms with Crippen LogP contribution < -0.4 is 10.5 Å². The quantitative estimate of drug-likeness (QED) is 0.332. The second-order valence-corrected chi connectivity index (χ2v) is 9.38. The van der Waals surface area contributed by atoms with Crippen LogP contribution in [0.5, 0.6) is 11.5 Å². The zero-order valence-electron chi connectivity index (χ0n) is 19.2. The monoisotopic (exact) mass is 488 g/mol. The first kappa shape index (κ1) is 25.1. The number of nitrogens with zero attached hydrogens (tertiary/aromatic N) is 4. The van der Waals surface area contributed by atoms with Crippen LogP contribution in [0.3, 0.4) is 0 Å². The van der Waals surface area contributed by atoms with Gasteiger partial charge in [0.15, 0.2) is 5.82 Å². The summed E-state index contributed by atoms with van der Waals surface area (Å²) in [5.41, 5.74) is 6.86. The number of primary amides is 1. The predicted octanol–water partition coefficient (Wildman–Crippen LogP) is 1.37. The van der Waals surface area contributed by atoms with E-state index in [1.54, 1.807) is 24.3 Å². The molecule has 0 aliphatic heterocycles. The number of aryl methyl sites for hydroxylation is 1. The standard InChI is InChI=1S/C22H28N6O5S/c1-4-27(5-2)11-10-24-34(32,33)19-12-16(17(29)13-18(19)30)21-25-26-22(20(23)31)28(21)15-8-6-14(3)7-9-15/h6-9,12-13,24,29-30H,4-5,10-11H2,1-3H3,(H2,23,31). The van der Waals surface area contributed by atoms with Crippen molar-refractivity contribution in [2.45, 2.75) is 25.7 Å². The van der Waals surface area contributed by atoms with E-state index in [1.807, 2.05) is 25.7 Å². The average molecular weight is 489 g/mol. The number of phenols is 2. The number of amides is 1. The second-order valence-electron chi connectivity index (χ2n) is 7.64. The zero-order valence-corrected chi connectivity index (χ0v) is 20.0. The van der Waals surface area contributed by atoms with Gasteiger partial charge in [0.05, 0.1) is 5.56 Å². The van der Waals surface area contributed by atoms with E-state index >= 15 is 0 Å². The molecule has 0 fully saturated rings. The van der Waals surface area contributed by atoms with Gasteiger partial charge in [0, 0.05) is 24.8 Å². The number of nitrogens with one attached hydrogen (secondary N) is 1. The van der Waals surface area contributed by atoms with E-state index in [9.17, 15) is 23.4 Å². The maximum Gasteiger partial charge on any atom is 0.287 e. The molecule has 12 heteroatoms. The van der Waals surface area contributed by atoms with Crippen molar-refractivity contribution in [1.29, 1.82) is 0 Å². The van der Waals surface area contributed by atoms with E-state index in [0.29, 0.717) is 12.2 Å². The van der Waals surface area contributed by atoms with Crippen LogP contribution in [0.1, 0.15) is 30.0 Å². The lowest BCUT2D eigenvalue weighted by Gasteiger charge is -2.18.